The summed E-state index contributed by atoms with van der Waals surface area (Å²) in [6.45, 7) is 5.06. The van der Waals surface area contributed by atoms with Crippen molar-refractivity contribution in [2.75, 3.05) is 6.54 Å². The maximum atomic E-state index is 6.27. The first kappa shape index (κ1) is 15.3. The molecule has 2 rings (SSSR count). The molecule has 0 saturated heterocycles. The van der Waals surface area contributed by atoms with Gasteiger partial charge in [0, 0.05) is 28.5 Å². The van der Waals surface area contributed by atoms with E-state index < -0.39 is 0 Å². The lowest BCUT2D eigenvalue weighted by Gasteiger charge is -2.21. The molecule has 0 fully saturated rings. The van der Waals surface area contributed by atoms with E-state index in [2.05, 4.69) is 24.1 Å². The fourth-order valence-corrected chi connectivity index (χ4v) is 2.86. The number of likely N-dealkylation sites (N-methyl/N-ethyl adjacent to an activating group) is 1. The van der Waals surface area contributed by atoms with Crippen LogP contribution in [0.3, 0.4) is 0 Å². The number of rotatable bonds is 5. The Morgan fingerprint density at radius 3 is 2.50 bits per heavy atom. The van der Waals surface area contributed by atoms with E-state index in [0.29, 0.717) is 10.0 Å². The number of aryl methyl sites for hydroxylation is 1. The van der Waals surface area contributed by atoms with Crippen LogP contribution in [0.25, 0.3) is 0 Å². The van der Waals surface area contributed by atoms with E-state index >= 15 is 0 Å². The maximum Gasteiger partial charge on any atom is 0.0453 e. The summed E-state index contributed by atoms with van der Waals surface area (Å²) in [7, 11) is 0. The highest BCUT2D eigenvalue weighted by Gasteiger charge is 2.17. The minimum atomic E-state index is 0.158. The second kappa shape index (κ2) is 7.07. The highest BCUT2D eigenvalue weighted by Crippen LogP contribution is 2.30. The largest absolute Gasteiger partial charge is 0.310 e. The van der Waals surface area contributed by atoms with Crippen molar-refractivity contribution in [3.8, 4) is 0 Å². The average molecular weight is 309 g/mol. The van der Waals surface area contributed by atoms with E-state index in [0.717, 1.165) is 18.5 Å². The molecule has 0 aliphatic carbocycles. The third kappa shape index (κ3) is 3.51. The fourth-order valence-electron chi connectivity index (χ4n) is 2.31. The lowest BCUT2D eigenvalue weighted by molar-refractivity contribution is 0.546. The van der Waals surface area contributed by atoms with Crippen LogP contribution in [-0.4, -0.2) is 11.5 Å². The topological polar surface area (TPSA) is 24.9 Å². The number of pyridine rings is 1. The Hall–Kier alpha value is -1.09. The first-order chi connectivity index (χ1) is 9.63. The van der Waals surface area contributed by atoms with Crippen LogP contribution in [0.15, 0.2) is 36.7 Å². The number of hydrogen-bond acceptors (Lipinski definition) is 2. The predicted octanol–water partition coefficient (Wildman–Crippen LogP) is 4.59. The zero-order valence-corrected chi connectivity index (χ0v) is 13.2. The van der Waals surface area contributed by atoms with Crippen LogP contribution in [0.1, 0.15) is 29.7 Å². The molecule has 2 nitrogen and oxygen atoms in total. The Morgan fingerprint density at radius 2 is 1.90 bits per heavy atom. The highest BCUT2D eigenvalue weighted by molar-refractivity contribution is 6.36. The number of aromatic nitrogens is 1. The van der Waals surface area contributed by atoms with Crippen molar-refractivity contribution in [3.63, 3.8) is 0 Å². The molecule has 0 aliphatic rings. The summed E-state index contributed by atoms with van der Waals surface area (Å²) >= 11 is 12.5. The van der Waals surface area contributed by atoms with Gasteiger partial charge in [0.1, 0.15) is 0 Å². The Kier molecular flexibility index (Phi) is 5.41. The summed E-state index contributed by atoms with van der Waals surface area (Å²) in [5, 5.41) is 4.91. The molecule has 1 N–H and O–H groups in total. The van der Waals surface area contributed by atoms with Crippen LogP contribution in [0.5, 0.6) is 0 Å². The van der Waals surface area contributed by atoms with Crippen molar-refractivity contribution in [1.82, 2.24) is 10.3 Å². The Morgan fingerprint density at radius 1 is 1.20 bits per heavy atom. The van der Waals surface area contributed by atoms with Crippen LogP contribution in [0, 0.1) is 6.92 Å². The van der Waals surface area contributed by atoms with Crippen molar-refractivity contribution in [3.05, 3.63) is 63.4 Å². The van der Waals surface area contributed by atoms with Gasteiger partial charge in [-0.05, 0) is 54.8 Å². The molecule has 1 aromatic heterocycles. The second-order valence-corrected chi connectivity index (χ2v) is 5.56. The molecule has 20 heavy (non-hydrogen) atoms. The minimum absolute atomic E-state index is 0.158. The number of nitrogens with one attached hydrogen (secondary N) is 1. The van der Waals surface area contributed by atoms with E-state index in [-0.39, 0.29) is 6.04 Å². The zero-order chi connectivity index (χ0) is 14.5. The Labute approximate surface area is 130 Å². The van der Waals surface area contributed by atoms with Gasteiger partial charge in [-0.2, -0.15) is 0 Å². The quantitative estimate of drug-likeness (QED) is 0.874. The number of halogens is 2. The van der Waals surface area contributed by atoms with Gasteiger partial charge in [0.05, 0.1) is 0 Å². The first-order valence-electron chi connectivity index (χ1n) is 6.70. The van der Waals surface area contributed by atoms with Crippen LogP contribution < -0.4 is 5.32 Å². The van der Waals surface area contributed by atoms with Crippen molar-refractivity contribution in [1.29, 1.82) is 0 Å². The highest BCUT2D eigenvalue weighted by atomic mass is 35.5. The molecule has 1 aromatic carbocycles. The first-order valence-corrected chi connectivity index (χ1v) is 7.45. The summed E-state index contributed by atoms with van der Waals surface area (Å²) in [6.07, 6.45) is 4.47. The molecule has 1 atom stereocenters. The molecule has 0 bridgehead atoms. The smallest absolute Gasteiger partial charge is 0.0453 e. The molecule has 0 radical (unpaired) electrons. The molecule has 4 heteroatoms. The molecular weight excluding hydrogens is 291 g/mol. The van der Waals surface area contributed by atoms with Gasteiger partial charge in [-0.1, -0.05) is 36.2 Å². The fraction of sp³-hybridized carbons (Fsp3) is 0.312. The monoisotopic (exact) mass is 308 g/mol. The molecular formula is C16H18Cl2N2. The van der Waals surface area contributed by atoms with Gasteiger partial charge in [-0.3, -0.25) is 4.98 Å². The van der Waals surface area contributed by atoms with Crippen LogP contribution in [0.4, 0.5) is 0 Å². The van der Waals surface area contributed by atoms with Crippen molar-refractivity contribution in [2.45, 2.75) is 26.3 Å². The van der Waals surface area contributed by atoms with E-state index in [9.17, 15) is 0 Å². The number of hydrogen-bond donors (Lipinski definition) is 1. The summed E-state index contributed by atoms with van der Waals surface area (Å²) in [5.41, 5.74) is 3.38. The molecule has 0 amide bonds. The van der Waals surface area contributed by atoms with Gasteiger partial charge in [0.15, 0.2) is 0 Å². The normalized spacial score (nSPS) is 12.4. The predicted molar refractivity (Wildman–Crippen MR) is 85.6 cm³/mol. The third-order valence-corrected chi connectivity index (χ3v) is 4.08. The maximum absolute atomic E-state index is 6.27. The van der Waals surface area contributed by atoms with E-state index in [4.69, 9.17) is 23.2 Å². The molecule has 0 saturated carbocycles. The average Bonchev–Trinajstić information content (AvgIpc) is 2.43. The van der Waals surface area contributed by atoms with Gasteiger partial charge < -0.3 is 5.32 Å². The van der Waals surface area contributed by atoms with Crippen LogP contribution in [0.2, 0.25) is 10.0 Å². The van der Waals surface area contributed by atoms with E-state index in [1.165, 1.54) is 11.1 Å². The summed E-state index contributed by atoms with van der Waals surface area (Å²) < 4.78 is 0. The summed E-state index contributed by atoms with van der Waals surface area (Å²) in [5.74, 6) is 0. The SMILES string of the molecule is CCNC(Cc1c(Cl)cccc1Cl)c1cnccc1C. The second-order valence-electron chi connectivity index (χ2n) is 4.75. The molecule has 0 aliphatic heterocycles. The summed E-state index contributed by atoms with van der Waals surface area (Å²) in [4.78, 5) is 4.23. The van der Waals surface area contributed by atoms with Gasteiger partial charge in [0.2, 0.25) is 0 Å². The standard InChI is InChI=1S/C16H18Cl2N2/c1-3-20-16(13-10-19-8-7-11(13)2)9-12-14(17)5-4-6-15(12)18/h4-8,10,16,20H,3,9H2,1-2H3. The summed E-state index contributed by atoms with van der Waals surface area (Å²) in [6, 6.07) is 7.80. The Balaban J connectivity index is 2.33. The van der Waals surface area contributed by atoms with Crippen molar-refractivity contribution >= 4 is 23.2 Å². The van der Waals surface area contributed by atoms with Gasteiger partial charge in [-0.15, -0.1) is 0 Å². The lowest BCUT2D eigenvalue weighted by Crippen LogP contribution is -2.24. The van der Waals surface area contributed by atoms with Crippen LogP contribution >= 0.6 is 23.2 Å². The Bertz CT molecular complexity index is 564. The van der Waals surface area contributed by atoms with Gasteiger partial charge >= 0.3 is 0 Å². The van der Waals surface area contributed by atoms with Gasteiger partial charge in [0.25, 0.3) is 0 Å². The van der Waals surface area contributed by atoms with E-state index in [1.807, 2.05) is 36.7 Å². The molecule has 106 valence electrons. The third-order valence-electron chi connectivity index (χ3n) is 3.38. The van der Waals surface area contributed by atoms with Crippen molar-refractivity contribution < 1.29 is 0 Å². The zero-order valence-electron chi connectivity index (χ0n) is 11.7. The van der Waals surface area contributed by atoms with Gasteiger partial charge in [-0.25, -0.2) is 0 Å². The molecule has 2 aromatic rings. The minimum Gasteiger partial charge on any atom is -0.310 e. The van der Waals surface area contributed by atoms with Crippen molar-refractivity contribution in [2.24, 2.45) is 0 Å². The van der Waals surface area contributed by atoms with E-state index in [1.54, 1.807) is 0 Å². The number of benzene rings is 1. The lowest BCUT2D eigenvalue weighted by atomic mass is 9.97. The molecule has 1 unspecified atom stereocenters. The molecule has 1 heterocycles. The van der Waals surface area contributed by atoms with Crippen LogP contribution in [-0.2, 0) is 6.42 Å². The molecule has 0 spiro atoms. The number of nitrogens with zero attached hydrogens (tertiary/aromatic N) is 1.